The van der Waals surface area contributed by atoms with Gasteiger partial charge in [0.15, 0.2) is 0 Å². The summed E-state index contributed by atoms with van der Waals surface area (Å²) in [6, 6.07) is 16.9. The molecular weight excluding hydrogens is 376 g/mol. The van der Waals surface area contributed by atoms with Gasteiger partial charge >= 0.3 is 6.03 Å². The van der Waals surface area contributed by atoms with Crippen LogP contribution >= 0.6 is 0 Å². The Morgan fingerprint density at radius 1 is 0.967 bits per heavy atom. The van der Waals surface area contributed by atoms with Crippen molar-refractivity contribution in [3.63, 3.8) is 0 Å². The van der Waals surface area contributed by atoms with Crippen molar-refractivity contribution in [2.45, 2.75) is 33.4 Å². The molecule has 1 aliphatic rings. The van der Waals surface area contributed by atoms with Crippen LogP contribution in [0.3, 0.4) is 0 Å². The summed E-state index contributed by atoms with van der Waals surface area (Å²) in [6.45, 7) is 9.94. The summed E-state index contributed by atoms with van der Waals surface area (Å²) in [5.41, 5.74) is 3.27. The molecule has 1 atom stereocenters. The lowest BCUT2D eigenvalue weighted by atomic mass is 10.0. The SMILES string of the molecule is Cc1cccc(CN2CCN(C(=O)C(NC(=O)Nc3ccccc3)C(C)C)CC2)c1. The number of hydrogen-bond donors (Lipinski definition) is 2. The van der Waals surface area contributed by atoms with Crippen molar-refractivity contribution in [2.75, 3.05) is 31.5 Å². The summed E-state index contributed by atoms with van der Waals surface area (Å²) < 4.78 is 0. The van der Waals surface area contributed by atoms with Gasteiger partial charge in [-0.1, -0.05) is 61.9 Å². The Hall–Kier alpha value is -2.86. The highest BCUT2D eigenvalue weighted by Gasteiger charge is 2.30. The molecule has 30 heavy (non-hydrogen) atoms. The fourth-order valence-electron chi connectivity index (χ4n) is 3.74. The minimum atomic E-state index is -0.544. The number of rotatable bonds is 6. The Labute approximate surface area is 179 Å². The third-order valence-electron chi connectivity index (χ3n) is 5.42. The lowest BCUT2D eigenvalue weighted by Crippen LogP contribution is -2.56. The average Bonchev–Trinajstić information content (AvgIpc) is 2.73. The van der Waals surface area contributed by atoms with E-state index in [0.717, 1.165) is 19.6 Å². The fraction of sp³-hybridized carbons (Fsp3) is 0.417. The van der Waals surface area contributed by atoms with Crippen LogP contribution in [0.1, 0.15) is 25.0 Å². The van der Waals surface area contributed by atoms with Gasteiger partial charge in [0.25, 0.3) is 0 Å². The molecule has 1 fully saturated rings. The third-order valence-corrected chi connectivity index (χ3v) is 5.42. The molecule has 1 unspecified atom stereocenters. The van der Waals surface area contributed by atoms with Crippen LogP contribution in [0.15, 0.2) is 54.6 Å². The third kappa shape index (κ3) is 6.07. The molecule has 160 valence electrons. The molecule has 1 aliphatic heterocycles. The second-order valence-electron chi connectivity index (χ2n) is 8.28. The van der Waals surface area contributed by atoms with Gasteiger partial charge in [-0.2, -0.15) is 0 Å². The molecule has 2 N–H and O–H groups in total. The van der Waals surface area contributed by atoms with E-state index in [1.165, 1.54) is 11.1 Å². The molecule has 0 spiro atoms. The predicted molar refractivity (Wildman–Crippen MR) is 120 cm³/mol. The Morgan fingerprint density at radius 3 is 2.30 bits per heavy atom. The van der Waals surface area contributed by atoms with E-state index in [-0.39, 0.29) is 17.9 Å². The molecule has 0 radical (unpaired) electrons. The number of aryl methyl sites for hydroxylation is 1. The fourth-order valence-corrected chi connectivity index (χ4v) is 3.74. The van der Waals surface area contributed by atoms with Crippen molar-refractivity contribution in [1.29, 1.82) is 0 Å². The van der Waals surface area contributed by atoms with E-state index in [2.05, 4.69) is 46.7 Å². The van der Waals surface area contributed by atoms with Crippen LogP contribution in [-0.2, 0) is 11.3 Å². The first-order valence-corrected chi connectivity index (χ1v) is 10.6. The Kier molecular flexibility index (Phi) is 7.46. The lowest BCUT2D eigenvalue weighted by molar-refractivity contribution is -0.136. The predicted octanol–water partition coefficient (Wildman–Crippen LogP) is 3.49. The maximum atomic E-state index is 13.1. The molecule has 6 heteroatoms. The zero-order chi connectivity index (χ0) is 21.5. The highest BCUT2D eigenvalue weighted by molar-refractivity contribution is 5.93. The number of anilines is 1. The van der Waals surface area contributed by atoms with Crippen molar-refractivity contribution >= 4 is 17.6 Å². The van der Waals surface area contributed by atoms with Gasteiger partial charge in [-0.05, 0) is 30.5 Å². The molecule has 0 bridgehead atoms. The summed E-state index contributed by atoms with van der Waals surface area (Å²) >= 11 is 0. The minimum Gasteiger partial charge on any atom is -0.338 e. The topological polar surface area (TPSA) is 64.7 Å². The maximum absolute atomic E-state index is 13.1. The summed E-state index contributed by atoms with van der Waals surface area (Å²) in [5, 5.41) is 5.66. The smallest absolute Gasteiger partial charge is 0.319 e. The van der Waals surface area contributed by atoms with Crippen molar-refractivity contribution in [3.05, 3.63) is 65.7 Å². The van der Waals surface area contributed by atoms with Crippen LogP contribution in [0, 0.1) is 12.8 Å². The minimum absolute atomic E-state index is 0.00402. The van der Waals surface area contributed by atoms with Crippen LogP contribution in [-0.4, -0.2) is 54.0 Å². The van der Waals surface area contributed by atoms with Crippen LogP contribution in [0.4, 0.5) is 10.5 Å². The summed E-state index contributed by atoms with van der Waals surface area (Å²) in [7, 11) is 0. The number of carbonyl (C=O) groups is 2. The standard InChI is InChI=1S/C24H32N4O2/c1-18(2)22(26-24(30)25-21-10-5-4-6-11-21)23(29)28-14-12-27(13-15-28)17-20-9-7-8-19(3)16-20/h4-11,16,18,22H,12-15,17H2,1-3H3,(H2,25,26,30). The summed E-state index contributed by atoms with van der Waals surface area (Å²) in [6.07, 6.45) is 0. The zero-order valence-electron chi connectivity index (χ0n) is 18.1. The van der Waals surface area contributed by atoms with E-state index in [9.17, 15) is 9.59 Å². The highest BCUT2D eigenvalue weighted by atomic mass is 16.2. The first-order valence-electron chi connectivity index (χ1n) is 10.6. The monoisotopic (exact) mass is 408 g/mol. The van der Waals surface area contributed by atoms with Crippen LogP contribution in [0.25, 0.3) is 0 Å². The second-order valence-corrected chi connectivity index (χ2v) is 8.28. The maximum Gasteiger partial charge on any atom is 0.319 e. The number of nitrogens with one attached hydrogen (secondary N) is 2. The Balaban J connectivity index is 1.52. The van der Waals surface area contributed by atoms with Gasteiger partial charge in [0.1, 0.15) is 6.04 Å². The molecule has 3 amide bonds. The van der Waals surface area contributed by atoms with Crippen molar-refractivity contribution in [3.8, 4) is 0 Å². The van der Waals surface area contributed by atoms with Crippen molar-refractivity contribution < 1.29 is 9.59 Å². The molecule has 0 aromatic heterocycles. The number of piperazine rings is 1. The van der Waals surface area contributed by atoms with Gasteiger partial charge in [0.05, 0.1) is 0 Å². The molecule has 1 heterocycles. The second kappa shape index (κ2) is 10.3. The normalized spacial score (nSPS) is 15.7. The van der Waals surface area contributed by atoms with Crippen molar-refractivity contribution in [2.24, 2.45) is 5.92 Å². The van der Waals surface area contributed by atoms with E-state index in [0.29, 0.717) is 18.8 Å². The molecule has 2 aromatic carbocycles. The molecule has 6 nitrogen and oxygen atoms in total. The molecule has 1 saturated heterocycles. The highest BCUT2D eigenvalue weighted by Crippen LogP contribution is 2.13. The van der Waals surface area contributed by atoms with Gasteiger partial charge in [0, 0.05) is 38.4 Å². The van der Waals surface area contributed by atoms with E-state index in [1.54, 1.807) is 0 Å². The number of carbonyl (C=O) groups excluding carboxylic acids is 2. The van der Waals surface area contributed by atoms with Crippen LogP contribution in [0.5, 0.6) is 0 Å². The van der Waals surface area contributed by atoms with Gasteiger partial charge in [-0.3, -0.25) is 9.69 Å². The lowest BCUT2D eigenvalue weighted by Gasteiger charge is -2.37. The van der Waals surface area contributed by atoms with Gasteiger partial charge in [-0.25, -0.2) is 4.79 Å². The summed E-state index contributed by atoms with van der Waals surface area (Å²) in [5.74, 6) is -0.00670. The first kappa shape index (κ1) is 21.8. The molecule has 0 aliphatic carbocycles. The van der Waals surface area contributed by atoms with Gasteiger partial charge < -0.3 is 15.5 Å². The van der Waals surface area contributed by atoms with Gasteiger partial charge in [-0.15, -0.1) is 0 Å². The van der Waals surface area contributed by atoms with Crippen LogP contribution < -0.4 is 10.6 Å². The number of amides is 3. The number of urea groups is 1. The number of hydrogen-bond acceptors (Lipinski definition) is 3. The largest absolute Gasteiger partial charge is 0.338 e. The van der Waals surface area contributed by atoms with E-state index < -0.39 is 6.04 Å². The summed E-state index contributed by atoms with van der Waals surface area (Å²) in [4.78, 5) is 29.7. The quantitative estimate of drug-likeness (QED) is 0.769. The van der Waals surface area contributed by atoms with Crippen molar-refractivity contribution in [1.82, 2.24) is 15.1 Å². The molecule has 3 rings (SSSR count). The van der Waals surface area contributed by atoms with E-state index in [4.69, 9.17) is 0 Å². The first-order chi connectivity index (χ1) is 14.4. The number of benzene rings is 2. The average molecular weight is 409 g/mol. The Morgan fingerprint density at radius 2 is 1.67 bits per heavy atom. The van der Waals surface area contributed by atoms with E-state index >= 15 is 0 Å². The number of para-hydroxylation sites is 1. The van der Waals surface area contributed by atoms with Crippen LogP contribution in [0.2, 0.25) is 0 Å². The zero-order valence-corrected chi connectivity index (χ0v) is 18.1. The molecular formula is C24H32N4O2. The van der Waals surface area contributed by atoms with Gasteiger partial charge in [0.2, 0.25) is 5.91 Å². The Bertz CT molecular complexity index is 845. The van der Waals surface area contributed by atoms with E-state index in [1.807, 2.05) is 49.1 Å². The number of nitrogens with zero attached hydrogens (tertiary/aromatic N) is 2. The molecule has 0 saturated carbocycles. The molecule has 2 aromatic rings.